The molecule has 0 aromatic heterocycles. The van der Waals surface area contributed by atoms with Crippen molar-refractivity contribution in [2.24, 2.45) is 0 Å². The number of benzene rings is 3. The van der Waals surface area contributed by atoms with Gasteiger partial charge in [-0.15, -0.1) is 0 Å². The SMILES string of the molecule is Cc1ccc(NS(=O)(=O)c2ccc(Cl)cc2)c(C(=O)Nc2ccc(S(=O)(=O)N3CCSCC3)cc2)c1. The van der Waals surface area contributed by atoms with E-state index in [1.165, 1.54) is 58.9 Å². The minimum atomic E-state index is -3.97. The lowest BCUT2D eigenvalue weighted by atomic mass is 10.1. The third-order valence-corrected chi connectivity index (χ3v) is 10.00. The van der Waals surface area contributed by atoms with E-state index in [0.29, 0.717) is 23.8 Å². The number of amides is 1. The van der Waals surface area contributed by atoms with Gasteiger partial charge >= 0.3 is 0 Å². The number of nitrogens with zero attached hydrogens (tertiary/aromatic N) is 1. The maximum Gasteiger partial charge on any atom is 0.261 e. The number of aryl methyl sites for hydroxylation is 1. The molecule has 3 aromatic carbocycles. The molecular formula is C24H24ClN3O5S3. The number of carbonyl (C=O) groups excluding carboxylic acids is 1. The fourth-order valence-corrected chi connectivity index (χ4v) is 7.38. The summed E-state index contributed by atoms with van der Waals surface area (Å²) >= 11 is 7.57. The highest BCUT2D eigenvalue weighted by atomic mass is 35.5. The predicted molar refractivity (Wildman–Crippen MR) is 144 cm³/mol. The fraction of sp³-hybridized carbons (Fsp3) is 0.208. The lowest BCUT2D eigenvalue weighted by Crippen LogP contribution is -2.37. The van der Waals surface area contributed by atoms with E-state index >= 15 is 0 Å². The van der Waals surface area contributed by atoms with Crippen LogP contribution in [0.4, 0.5) is 11.4 Å². The maximum atomic E-state index is 13.1. The molecule has 12 heteroatoms. The normalized spacial score (nSPS) is 14.8. The van der Waals surface area contributed by atoms with Gasteiger partial charge < -0.3 is 5.32 Å². The summed E-state index contributed by atoms with van der Waals surface area (Å²) in [6.45, 7) is 2.72. The van der Waals surface area contributed by atoms with Crippen LogP contribution in [0.15, 0.2) is 76.5 Å². The quantitative estimate of drug-likeness (QED) is 0.438. The van der Waals surface area contributed by atoms with E-state index in [0.717, 1.165) is 17.1 Å². The van der Waals surface area contributed by atoms with Gasteiger partial charge in [0, 0.05) is 35.3 Å². The van der Waals surface area contributed by atoms with Crippen LogP contribution in [0.3, 0.4) is 0 Å². The Morgan fingerprint density at radius 3 is 2.14 bits per heavy atom. The third kappa shape index (κ3) is 6.04. The third-order valence-electron chi connectivity index (χ3n) is 5.51. The van der Waals surface area contributed by atoms with Crippen molar-refractivity contribution in [2.75, 3.05) is 34.6 Å². The van der Waals surface area contributed by atoms with Crippen LogP contribution >= 0.6 is 23.4 Å². The molecule has 8 nitrogen and oxygen atoms in total. The molecule has 0 radical (unpaired) electrons. The van der Waals surface area contributed by atoms with Crippen molar-refractivity contribution >= 4 is 60.7 Å². The molecule has 0 unspecified atom stereocenters. The van der Waals surface area contributed by atoms with Gasteiger partial charge in [0.05, 0.1) is 21.0 Å². The lowest BCUT2D eigenvalue weighted by molar-refractivity contribution is 0.102. The Morgan fingerprint density at radius 1 is 0.889 bits per heavy atom. The van der Waals surface area contributed by atoms with Crippen molar-refractivity contribution in [3.63, 3.8) is 0 Å². The van der Waals surface area contributed by atoms with E-state index in [1.54, 1.807) is 30.8 Å². The highest BCUT2D eigenvalue weighted by Crippen LogP contribution is 2.25. The van der Waals surface area contributed by atoms with E-state index in [2.05, 4.69) is 10.0 Å². The highest BCUT2D eigenvalue weighted by molar-refractivity contribution is 7.99. The molecule has 0 spiro atoms. The Labute approximate surface area is 220 Å². The maximum absolute atomic E-state index is 13.1. The lowest BCUT2D eigenvalue weighted by Gasteiger charge is -2.25. The molecule has 2 N–H and O–H groups in total. The average Bonchev–Trinajstić information content (AvgIpc) is 2.86. The second-order valence-corrected chi connectivity index (χ2v) is 13.4. The first-order valence-electron chi connectivity index (χ1n) is 10.9. The molecule has 0 atom stereocenters. The van der Waals surface area contributed by atoms with E-state index in [-0.39, 0.29) is 21.0 Å². The first-order chi connectivity index (χ1) is 17.1. The molecule has 0 aliphatic carbocycles. The number of hydrogen-bond acceptors (Lipinski definition) is 6. The van der Waals surface area contributed by atoms with Gasteiger partial charge in [0.15, 0.2) is 0 Å². The van der Waals surface area contributed by atoms with Crippen LogP contribution in [-0.4, -0.2) is 51.6 Å². The number of rotatable bonds is 7. The molecule has 1 fully saturated rings. The first-order valence-corrected chi connectivity index (χ1v) is 15.4. The van der Waals surface area contributed by atoms with Crippen LogP contribution < -0.4 is 10.0 Å². The summed E-state index contributed by atoms with van der Waals surface area (Å²) in [5, 5.41) is 3.12. The highest BCUT2D eigenvalue weighted by Gasteiger charge is 2.26. The summed E-state index contributed by atoms with van der Waals surface area (Å²) < 4.78 is 55.3. The number of nitrogens with one attached hydrogen (secondary N) is 2. The molecule has 1 aliphatic heterocycles. The topological polar surface area (TPSA) is 113 Å². The summed E-state index contributed by atoms with van der Waals surface area (Å²) in [7, 11) is -7.56. The molecule has 1 aliphatic rings. The minimum absolute atomic E-state index is 0.00271. The van der Waals surface area contributed by atoms with Gasteiger partial charge in [-0.1, -0.05) is 23.2 Å². The molecule has 1 amide bonds. The first kappa shape index (κ1) is 26.5. The molecule has 4 rings (SSSR count). The predicted octanol–water partition coefficient (Wildman–Crippen LogP) is 4.44. The van der Waals surface area contributed by atoms with Crippen LogP contribution in [0.1, 0.15) is 15.9 Å². The number of carbonyl (C=O) groups is 1. The van der Waals surface area contributed by atoms with Crippen molar-refractivity contribution in [3.8, 4) is 0 Å². The van der Waals surface area contributed by atoms with Crippen LogP contribution in [-0.2, 0) is 20.0 Å². The second-order valence-electron chi connectivity index (χ2n) is 8.10. The Hall–Kier alpha value is -2.57. The van der Waals surface area contributed by atoms with Gasteiger partial charge in [0.25, 0.3) is 15.9 Å². The fourth-order valence-electron chi connectivity index (χ4n) is 3.60. The van der Waals surface area contributed by atoms with E-state index < -0.39 is 26.0 Å². The van der Waals surface area contributed by atoms with E-state index in [9.17, 15) is 21.6 Å². The number of sulfonamides is 2. The molecule has 0 bridgehead atoms. The molecule has 3 aromatic rings. The summed E-state index contributed by atoms with van der Waals surface area (Å²) in [5.41, 5.74) is 1.36. The Balaban J connectivity index is 1.54. The van der Waals surface area contributed by atoms with Crippen LogP contribution in [0.25, 0.3) is 0 Å². The van der Waals surface area contributed by atoms with Gasteiger partial charge in [-0.3, -0.25) is 9.52 Å². The largest absolute Gasteiger partial charge is 0.322 e. The molecule has 0 saturated carbocycles. The van der Waals surface area contributed by atoms with Crippen LogP contribution in [0.2, 0.25) is 5.02 Å². The minimum Gasteiger partial charge on any atom is -0.322 e. The van der Waals surface area contributed by atoms with Crippen molar-refractivity contribution in [3.05, 3.63) is 82.9 Å². The van der Waals surface area contributed by atoms with Gasteiger partial charge in [0.1, 0.15) is 0 Å². The Kier molecular flexibility index (Phi) is 7.96. The zero-order valence-electron chi connectivity index (χ0n) is 19.3. The standard InChI is InChI=1S/C24H24ClN3O5S3/c1-17-2-11-23(27-35(30,31)20-7-3-18(25)4-8-20)22(16-17)24(29)26-19-5-9-21(10-6-19)36(32,33)28-12-14-34-15-13-28/h2-11,16,27H,12-15H2,1H3,(H,26,29). The number of thioether (sulfide) groups is 1. The molecule has 1 heterocycles. The van der Waals surface area contributed by atoms with Crippen LogP contribution in [0.5, 0.6) is 0 Å². The number of hydrogen-bond donors (Lipinski definition) is 2. The smallest absolute Gasteiger partial charge is 0.261 e. The number of halogens is 1. The Morgan fingerprint density at radius 2 is 1.50 bits per heavy atom. The summed E-state index contributed by atoms with van der Waals surface area (Å²) in [6.07, 6.45) is 0. The molecular weight excluding hydrogens is 542 g/mol. The monoisotopic (exact) mass is 565 g/mol. The van der Waals surface area contributed by atoms with Gasteiger partial charge in [-0.05, 0) is 67.6 Å². The summed E-state index contributed by atoms with van der Waals surface area (Å²) in [6, 6.07) is 16.4. The second kappa shape index (κ2) is 10.8. The summed E-state index contributed by atoms with van der Waals surface area (Å²) in [4.78, 5) is 13.2. The van der Waals surface area contributed by atoms with Gasteiger partial charge in [-0.25, -0.2) is 16.8 Å². The number of anilines is 2. The van der Waals surface area contributed by atoms with Gasteiger partial charge in [0.2, 0.25) is 10.0 Å². The Bertz CT molecular complexity index is 1470. The van der Waals surface area contributed by atoms with Crippen molar-refractivity contribution in [2.45, 2.75) is 16.7 Å². The van der Waals surface area contributed by atoms with E-state index in [4.69, 9.17) is 11.6 Å². The van der Waals surface area contributed by atoms with Crippen molar-refractivity contribution in [1.82, 2.24) is 4.31 Å². The molecule has 1 saturated heterocycles. The molecule has 36 heavy (non-hydrogen) atoms. The van der Waals surface area contributed by atoms with Crippen molar-refractivity contribution in [1.29, 1.82) is 0 Å². The van der Waals surface area contributed by atoms with E-state index in [1.807, 2.05) is 0 Å². The summed E-state index contributed by atoms with van der Waals surface area (Å²) in [5.74, 6) is 0.971. The van der Waals surface area contributed by atoms with Crippen molar-refractivity contribution < 1.29 is 21.6 Å². The molecule has 190 valence electrons. The van der Waals surface area contributed by atoms with Crippen LogP contribution in [0, 0.1) is 6.92 Å². The average molecular weight is 566 g/mol. The van der Waals surface area contributed by atoms with Gasteiger partial charge in [-0.2, -0.15) is 16.1 Å². The zero-order chi connectivity index (χ0) is 25.9. The zero-order valence-corrected chi connectivity index (χ0v) is 22.5.